The molecule has 146 valence electrons. The third kappa shape index (κ3) is 3.91. The first kappa shape index (κ1) is 19.2. The first-order valence-corrected chi connectivity index (χ1v) is 9.56. The molecule has 1 saturated carbocycles. The van der Waals surface area contributed by atoms with Crippen molar-refractivity contribution in [3.05, 3.63) is 29.8 Å². The zero-order chi connectivity index (χ0) is 19.4. The quantitative estimate of drug-likeness (QED) is 0.750. The van der Waals surface area contributed by atoms with Crippen LogP contribution in [0.1, 0.15) is 57.1 Å². The molecule has 2 N–H and O–H groups in total. The lowest BCUT2D eigenvalue weighted by Crippen LogP contribution is -2.49. The summed E-state index contributed by atoms with van der Waals surface area (Å²) in [7, 11) is 1.60. The minimum Gasteiger partial charge on any atom is -0.497 e. The monoisotopic (exact) mass is 373 g/mol. The van der Waals surface area contributed by atoms with Gasteiger partial charge in [0.15, 0.2) is 0 Å². The fourth-order valence-electron chi connectivity index (χ4n) is 3.95. The van der Waals surface area contributed by atoms with Crippen molar-refractivity contribution in [3.63, 3.8) is 0 Å². The van der Waals surface area contributed by atoms with Crippen LogP contribution in [-0.4, -0.2) is 41.9 Å². The van der Waals surface area contributed by atoms with E-state index in [0.717, 1.165) is 35.5 Å². The van der Waals surface area contributed by atoms with Gasteiger partial charge in [-0.15, -0.1) is 0 Å². The largest absolute Gasteiger partial charge is 0.497 e. The van der Waals surface area contributed by atoms with Gasteiger partial charge in [0.2, 0.25) is 5.91 Å². The highest BCUT2D eigenvalue weighted by Gasteiger charge is 2.51. The van der Waals surface area contributed by atoms with E-state index in [9.17, 15) is 14.4 Å². The number of hydrogen-bond acceptors (Lipinski definition) is 4. The maximum atomic E-state index is 12.8. The summed E-state index contributed by atoms with van der Waals surface area (Å²) in [5.41, 5.74) is 0.156. The number of ether oxygens (including phenoxy) is 1. The van der Waals surface area contributed by atoms with E-state index in [2.05, 4.69) is 10.6 Å². The summed E-state index contributed by atoms with van der Waals surface area (Å²) in [4.78, 5) is 38.6. The van der Waals surface area contributed by atoms with Crippen molar-refractivity contribution in [1.82, 2.24) is 15.5 Å². The summed E-state index contributed by atoms with van der Waals surface area (Å²) < 4.78 is 5.15. The van der Waals surface area contributed by atoms with Gasteiger partial charge in [-0.05, 0) is 37.0 Å². The Bertz CT molecular complexity index is 710. The Labute approximate surface area is 159 Å². The second-order valence-electron chi connectivity index (χ2n) is 7.27. The molecule has 0 unspecified atom stereocenters. The molecule has 1 aromatic rings. The lowest BCUT2D eigenvalue weighted by molar-refractivity contribution is -0.136. The molecule has 27 heavy (non-hydrogen) atoms. The van der Waals surface area contributed by atoms with E-state index in [1.165, 1.54) is 0 Å². The van der Waals surface area contributed by atoms with Gasteiger partial charge in [0, 0.05) is 0 Å². The summed E-state index contributed by atoms with van der Waals surface area (Å²) >= 11 is 0. The van der Waals surface area contributed by atoms with Crippen molar-refractivity contribution in [2.75, 3.05) is 13.7 Å². The maximum Gasteiger partial charge on any atom is 0.325 e. The molecular weight excluding hydrogens is 346 g/mol. The van der Waals surface area contributed by atoms with Gasteiger partial charge in [-0.2, -0.15) is 0 Å². The molecule has 2 fully saturated rings. The molecule has 4 amide bonds. The van der Waals surface area contributed by atoms with Crippen molar-refractivity contribution in [3.8, 4) is 5.75 Å². The summed E-state index contributed by atoms with van der Waals surface area (Å²) in [6.45, 7) is 1.72. The van der Waals surface area contributed by atoms with Crippen molar-refractivity contribution < 1.29 is 19.1 Å². The second-order valence-corrected chi connectivity index (χ2v) is 7.27. The highest BCUT2D eigenvalue weighted by atomic mass is 16.5. The standard InChI is InChI=1S/C20H27N3O4/c1-3-16(14-7-9-15(27-2)10-8-14)21-17(24)13-23-18(25)20(22-19(23)26)11-5-4-6-12-20/h7-10,16H,3-6,11-13H2,1-2H3,(H,21,24)(H,22,26)/t16-/m1/s1. The average Bonchev–Trinajstić information content (AvgIpc) is 2.90. The van der Waals surface area contributed by atoms with Crippen LogP contribution in [0.25, 0.3) is 0 Å². The van der Waals surface area contributed by atoms with Crippen molar-refractivity contribution in [2.45, 2.75) is 57.0 Å². The smallest absolute Gasteiger partial charge is 0.325 e. The Hall–Kier alpha value is -2.57. The zero-order valence-corrected chi connectivity index (χ0v) is 15.9. The number of imide groups is 1. The molecule has 1 heterocycles. The van der Waals surface area contributed by atoms with E-state index in [1.54, 1.807) is 7.11 Å². The Morgan fingerprint density at radius 2 is 1.89 bits per heavy atom. The van der Waals surface area contributed by atoms with Crippen LogP contribution < -0.4 is 15.4 Å². The molecule has 1 saturated heterocycles. The summed E-state index contributed by atoms with van der Waals surface area (Å²) in [6, 6.07) is 6.83. The van der Waals surface area contributed by atoms with E-state index < -0.39 is 11.6 Å². The highest BCUT2D eigenvalue weighted by molar-refractivity contribution is 6.09. The van der Waals surface area contributed by atoms with E-state index in [1.807, 2.05) is 31.2 Å². The number of carbonyl (C=O) groups excluding carboxylic acids is 3. The van der Waals surface area contributed by atoms with Crippen LogP contribution in [0.15, 0.2) is 24.3 Å². The predicted octanol–water partition coefficient (Wildman–Crippen LogP) is 2.52. The number of methoxy groups -OCH3 is 1. The van der Waals surface area contributed by atoms with Crippen LogP contribution in [0.3, 0.4) is 0 Å². The molecule has 0 radical (unpaired) electrons. The van der Waals surface area contributed by atoms with Gasteiger partial charge >= 0.3 is 6.03 Å². The van der Waals surface area contributed by atoms with Crippen LogP contribution in [0.5, 0.6) is 5.75 Å². The van der Waals surface area contributed by atoms with Gasteiger partial charge in [-0.1, -0.05) is 38.3 Å². The summed E-state index contributed by atoms with van der Waals surface area (Å²) in [5, 5.41) is 5.76. The molecule has 0 aromatic heterocycles. The summed E-state index contributed by atoms with van der Waals surface area (Å²) in [5.74, 6) is 0.144. The molecule has 3 rings (SSSR count). The zero-order valence-electron chi connectivity index (χ0n) is 15.9. The number of nitrogens with one attached hydrogen (secondary N) is 2. The number of rotatable bonds is 6. The van der Waals surface area contributed by atoms with Gasteiger partial charge in [-0.3, -0.25) is 14.5 Å². The number of urea groups is 1. The van der Waals surface area contributed by atoms with Crippen molar-refractivity contribution >= 4 is 17.8 Å². The third-order valence-electron chi connectivity index (χ3n) is 5.52. The number of hydrogen-bond donors (Lipinski definition) is 2. The maximum absolute atomic E-state index is 12.8. The van der Waals surface area contributed by atoms with Crippen molar-refractivity contribution in [2.24, 2.45) is 0 Å². The van der Waals surface area contributed by atoms with Crippen molar-refractivity contribution in [1.29, 1.82) is 0 Å². The van der Waals surface area contributed by atoms with E-state index in [-0.39, 0.29) is 24.4 Å². The van der Waals surface area contributed by atoms with Crippen LogP contribution in [0, 0.1) is 0 Å². The number of benzene rings is 1. The first-order valence-electron chi connectivity index (χ1n) is 9.56. The molecule has 2 aliphatic rings. The minimum atomic E-state index is -0.796. The first-order chi connectivity index (χ1) is 13.0. The van der Waals surface area contributed by atoms with Gasteiger partial charge in [0.1, 0.15) is 17.8 Å². The SMILES string of the molecule is CC[C@@H](NC(=O)CN1C(=O)NC2(CCCCC2)C1=O)c1ccc(OC)cc1. The van der Waals surface area contributed by atoms with Gasteiger partial charge in [0.05, 0.1) is 13.2 Å². The number of nitrogens with zero attached hydrogens (tertiary/aromatic N) is 1. The third-order valence-corrected chi connectivity index (χ3v) is 5.52. The molecule has 1 aromatic carbocycles. The lowest BCUT2D eigenvalue weighted by atomic mass is 9.82. The number of amides is 4. The van der Waals surface area contributed by atoms with Crippen LogP contribution in [-0.2, 0) is 9.59 Å². The Morgan fingerprint density at radius 3 is 2.48 bits per heavy atom. The average molecular weight is 373 g/mol. The van der Waals surface area contributed by atoms with E-state index in [4.69, 9.17) is 4.74 Å². The molecule has 1 aliphatic heterocycles. The normalized spacial score (nSPS) is 19.7. The molecule has 7 nitrogen and oxygen atoms in total. The number of carbonyl (C=O) groups is 3. The van der Waals surface area contributed by atoms with Gasteiger partial charge in [-0.25, -0.2) is 4.79 Å². The Morgan fingerprint density at radius 1 is 1.22 bits per heavy atom. The molecule has 1 spiro atoms. The fraction of sp³-hybridized carbons (Fsp3) is 0.550. The summed E-state index contributed by atoms with van der Waals surface area (Å²) in [6.07, 6.45) is 4.91. The Kier molecular flexibility index (Phi) is 5.68. The van der Waals surface area contributed by atoms with E-state index in [0.29, 0.717) is 19.3 Å². The fourth-order valence-corrected chi connectivity index (χ4v) is 3.95. The molecular formula is C20H27N3O4. The second kappa shape index (κ2) is 7.98. The van der Waals surface area contributed by atoms with Crippen LogP contribution in [0.2, 0.25) is 0 Å². The molecule has 1 aliphatic carbocycles. The molecule has 0 bridgehead atoms. The van der Waals surface area contributed by atoms with Gasteiger partial charge in [0.25, 0.3) is 5.91 Å². The minimum absolute atomic E-state index is 0.187. The van der Waals surface area contributed by atoms with Gasteiger partial charge < -0.3 is 15.4 Å². The van der Waals surface area contributed by atoms with E-state index >= 15 is 0 Å². The highest BCUT2D eigenvalue weighted by Crippen LogP contribution is 2.33. The topological polar surface area (TPSA) is 87.7 Å². The molecule has 7 heteroatoms. The van der Waals surface area contributed by atoms with Crippen LogP contribution in [0.4, 0.5) is 4.79 Å². The molecule has 1 atom stereocenters. The predicted molar refractivity (Wildman–Crippen MR) is 100 cm³/mol. The lowest BCUT2D eigenvalue weighted by Gasteiger charge is -2.30. The van der Waals surface area contributed by atoms with Crippen LogP contribution >= 0.6 is 0 Å². The Balaban J connectivity index is 1.63.